The summed E-state index contributed by atoms with van der Waals surface area (Å²) in [6.45, 7) is 0. The largest absolute Gasteiger partial charge is 0.346 e. The summed E-state index contributed by atoms with van der Waals surface area (Å²) in [4.78, 5) is 0. The summed E-state index contributed by atoms with van der Waals surface area (Å²) in [7, 11) is 0. The van der Waals surface area contributed by atoms with Gasteiger partial charge in [-0.2, -0.15) is 9.47 Å². The molecular weight excluding hydrogens is 232 g/mol. The highest BCUT2D eigenvalue weighted by Gasteiger charge is 1.99. The van der Waals surface area contributed by atoms with Gasteiger partial charge in [0.25, 0.3) is 0 Å². The lowest BCUT2D eigenvalue weighted by molar-refractivity contribution is 0.881. The minimum Gasteiger partial charge on any atom is -0.346 e. The molecule has 2 heterocycles. The molecule has 0 amide bonds. The molecule has 0 unspecified atom stereocenters. The number of hydrogen-bond acceptors (Lipinski definition) is 4. The third-order valence-corrected chi connectivity index (χ3v) is 2.98. The van der Waals surface area contributed by atoms with Crippen LogP contribution in [0.1, 0.15) is 0 Å². The first-order chi connectivity index (χ1) is 8.42. The minimum absolute atomic E-state index is 1.03. The van der Waals surface area contributed by atoms with Gasteiger partial charge in [-0.1, -0.05) is 6.07 Å². The van der Waals surface area contributed by atoms with Crippen LogP contribution in [-0.2, 0) is 0 Å². The number of nitrogens with one attached hydrogen (secondary N) is 1. The molecule has 0 spiro atoms. The molecule has 3 aromatic rings. The smallest absolute Gasteiger partial charge is 0.113 e. The van der Waals surface area contributed by atoms with Gasteiger partial charge in [-0.15, -0.1) is 0 Å². The first-order valence-electron chi connectivity index (χ1n) is 5.19. The fourth-order valence-corrected chi connectivity index (χ4v) is 2.09. The molecule has 4 nitrogen and oxygen atoms in total. The van der Waals surface area contributed by atoms with Gasteiger partial charge in [0.1, 0.15) is 5.00 Å². The van der Waals surface area contributed by atoms with Crippen molar-refractivity contribution in [2.24, 2.45) is 0 Å². The van der Waals surface area contributed by atoms with Crippen LogP contribution in [0.4, 0.5) is 10.7 Å². The fraction of sp³-hybridized carbons (Fsp3) is 0. The topological polar surface area (TPSA) is 42.7 Å². The zero-order valence-electron chi connectivity index (χ0n) is 8.95. The molecule has 0 radical (unpaired) electrons. The van der Waals surface area contributed by atoms with E-state index in [0.29, 0.717) is 0 Å². The number of rotatable bonds is 3. The van der Waals surface area contributed by atoms with Crippen molar-refractivity contribution in [3.8, 4) is 5.69 Å². The molecule has 1 aromatic carbocycles. The second kappa shape index (κ2) is 4.39. The van der Waals surface area contributed by atoms with Crippen molar-refractivity contribution >= 4 is 22.2 Å². The maximum absolute atomic E-state index is 4.20. The molecule has 0 fully saturated rings. The molecule has 0 bridgehead atoms. The van der Waals surface area contributed by atoms with Gasteiger partial charge in [-0.25, -0.2) is 4.68 Å². The number of benzene rings is 1. The standard InChI is InChI=1S/C12H10N4S/c1-3-10(15-12-5-7-14-17-12)9-11(4-1)16-8-2-6-13-16/h1-9,15H. The van der Waals surface area contributed by atoms with E-state index in [1.807, 2.05) is 47.3 Å². The normalized spacial score (nSPS) is 10.4. The Balaban J connectivity index is 1.89. The van der Waals surface area contributed by atoms with Gasteiger partial charge in [0.05, 0.1) is 5.69 Å². The van der Waals surface area contributed by atoms with Gasteiger partial charge in [-0.3, -0.25) is 0 Å². The van der Waals surface area contributed by atoms with E-state index in [0.717, 1.165) is 16.4 Å². The SMILES string of the molecule is c1cc(Nc2ccns2)cc(-n2cccn2)c1. The van der Waals surface area contributed by atoms with Gasteiger partial charge in [0.15, 0.2) is 0 Å². The highest BCUT2D eigenvalue weighted by molar-refractivity contribution is 7.10. The Hall–Kier alpha value is -2.14. The molecule has 1 N–H and O–H groups in total. The van der Waals surface area contributed by atoms with Gasteiger partial charge in [0, 0.05) is 24.3 Å². The summed E-state index contributed by atoms with van der Waals surface area (Å²) in [5, 5.41) is 8.54. The van der Waals surface area contributed by atoms with E-state index in [4.69, 9.17) is 0 Å². The van der Waals surface area contributed by atoms with E-state index in [-0.39, 0.29) is 0 Å². The van der Waals surface area contributed by atoms with Gasteiger partial charge in [-0.05, 0) is 41.9 Å². The molecule has 0 saturated carbocycles. The lowest BCUT2D eigenvalue weighted by Crippen LogP contribution is -1.95. The van der Waals surface area contributed by atoms with Crippen LogP contribution in [-0.4, -0.2) is 14.2 Å². The average Bonchev–Trinajstić information content (AvgIpc) is 3.01. The van der Waals surface area contributed by atoms with Crippen LogP contribution in [0.25, 0.3) is 5.69 Å². The second-order valence-electron chi connectivity index (χ2n) is 3.50. The van der Waals surface area contributed by atoms with Crippen molar-refractivity contribution in [1.82, 2.24) is 14.2 Å². The predicted octanol–water partition coefficient (Wildman–Crippen LogP) is 3.07. The Kier molecular flexibility index (Phi) is 2.59. The molecular formula is C12H10N4S. The summed E-state index contributed by atoms with van der Waals surface area (Å²) in [5.74, 6) is 0. The molecule has 0 aliphatic heterocycles. The third-order valence-electron chi connectivity index (χ3n) is 2.32. The Labute approximate surface area is 103 Å². The zero-order chi connectivity index (χ0) is 11.5. The zero-order valence-corrected chi connectivity index (χ0v) is 9.76. The lowest BCUT2D eigenvalue weighted by Gasteiger charge is -2.06. The first kappa shape index (κ1) is 10.0. The molecule has 0 atom stereocenters. The maximum Gasteiger partial charge on any atom is 0.113 e. The molecule has 17 heavy (non-hydrogen) atoms. The molecule has 84 valence electrons. The van der Waals surface area contributed by atoms with Crippen LogP contribution in [0.5, 0.6) is 0 Å². The molecule has 2 aromatic heterocycles. The van der Waals surface area contributed by atoms with E-state index in [9.17, 15) is 0 Å². The Morgan fingerprint density at radius 2 is 2.12 bits per heavy atom. The minimum atomic E-state index is 1.03. The highest BCUT2D eigenvalue weighted by Crippen LogP contribution is 2.21. The monoisotopic (exact) mass is 242 g/mol. The van der Waals surface area contributed by atoms with Crippen LogP contribution >= 0.6 is 11.5 Å². The average molecular weight is 242 g/mol. The molecule has 5 heteroatoms. The summed E-state index contributed by atoms with van der Waals surface area (Å²) in [5.41, 5.74) is 2.06. The van der Waals surface area contributed by atoms with Gasteiger partial charge in [0.2, 0.25) is 0 Å². The van der Waals surface area contributed by atoms with E-state index < -0.39 is 0 Å². The van der Waals surface area contributed by atoms with Crippen LogP contribution in [0.3, 0.4) is 0 Å². The highest BCUT2D eigenvalue weighted by atomic mass is 32.1. The van der Waals surface area contributed by atoms with Crippen molar-refractivity contribution in [3.63, 3.8) is 0 Å². The van der Waals surface area contributed by atoms with Crippen molar-refractivity contribution in [2.75, 3.05) is 5.32 Å². The number of aromatic nitrogens is 3. The van der Waals surface area contributed by atoms with Gasteiger partial charge < -0.3 is 5.32 Å². The number of hydrogen-bond donors (Lipinski definition) is 1. The van der Waals surface area contributed by atoms with E-state index >= 15 is 0 Å². The maximum atomic E-state index is 4.20. The van der Waals surface area contributed by atoms with Crippen molar-refractivity contribution in [3.05, 3.63) is 55.0 Å². The summed E-state index contributed by atoms with van der Waals surface area (Å²) < 4.78 is 5.88. The van der Waals surface area contributed by atoms with Crippen LogP contribution in [0, 0.1) is 0 Å². The lowest BCUT2D eigenvalue weighted by atomic mass is 10.3. The van der Waals surface area contributed by atoms with Crippen molar-refractivity contribution in [1.29, 1.82) is 0 Å². The van der Waals surface area contributed by atoms with Crippen LogP contribution in [0.15, 0.2) is 55.0 Å². The molecule has 0 aliphatic rings. The quantitative estimate of drug-likeness (QED) is 0.767. The van der Waals surface area contributed by atoms with E-state index in [2.05, 4.69) is 14.8 Å². The number of nitrogens with zero attached hydrogens (tertiary/aromatic N) is 3. The molecule has 3 rings (SSSR count). The van der Waals surface area contributed by atoms with Crippen molar-refractivity contribution < 1.29 is 0 Å². The second-order valence-corrected chi connectivity index (χ2v) is 4.34. The molecule has 0 aliphatic carbocycles. The third kappa shape index (κ3) is 2.19. The van der Waals surface area contributed by atoms with Crippen LogP contribution in [0.2, 0.25) is 0 Å². The summed E-state index contributed by atoms with van der Waals surface area (Å²) in [6.07, 6.45) is 5.47. The van der Waals surface area contributed by atoms with E-state index in [1.54, 1.807) is 12.4 Å². The van der Waals surface area contributed by atoms with Crippen LogP contribution < -0.4 is 5.32 Å². The Bertz CT molecular complexity index is 587. The molecule has 0 saturated heterocycles. The number of anilines is 2. The fourth-order valence-electron chi connectivity index (χ4n) is 1.57. The summed E-state index contributed by atoms with van der Waals surface area (Å²) in [6, 6.07) is 11.9. The Morgan fingerprint density at radius 1 is 1.12 bits per heavy atom. The van der Waals surface area contributed by atoms with E-state index in [1.165, 1.54) is 11.5 Å². The first-order valence-corrected chi connectivity index (χ1v) is 5.97. The predicted molar refractivity (Wildman–Crippen MR) is 69.0 cm³/mol. The van der Waals surface area contributed by atoms with Crippen molar-refractivity contribution in [2.45, 2.75) is 0 Å². The Morgan fingerprint density at radius 3 is 2.88 bits per heavy atom. The van der Waals surface area contributed by atoms with Gasteiger partial charge >= 0.3 is 0 Å². The summed E-state index contributed by atoms with van der Waals surface area (Å²) >= 11 is 1.44.